The number of ether oxygens (including phenoxy) is 1. The lowest BCUT2D eigenvalue weighted by atomic mass is 10.1. The van der Waals surface area contributed by atoms with Crippen LogP contribution >= 0.6 is 0 Å². The van der Waals surface area contributed by atoms with Crippen LogP contribution in [0.4, 0.5) is 0 Å². The van der Waals surface area contributed by atoms with Crippen LogP contribution in [0.5, 0.6) is 5.75 Å². The van der Waals surface area contributed by atoms with Crippen molar-refractivity contribution < 1.29 is 9.53 Å². The van der Waals surface area contributed by atoms with Crippen LogP contribution in [0.25, 0.3) is 5.69 Å². The van der Waals surface area contributed by atoms with E-state index in [-0.39, 0.29) is 11.9 Å². The summed E-state index contributed by atoms with van der Waals surface area (Å²) < 4.78 is 6.83. The van der Waals surface area contributed by atoms with Gasteiger partial charge in [-0.05, 0) is 48.9 Å². The summed E-state index contributed by atoms with van der Waals surface area (Å²) in [7, 11) is 3.41. The first kappa shape index (κ1) is 16.7. The van der Waals surface area contributed by atoms with Gasteiger partial charge in [0.15, 0.2) is 0 Å². The molecule has 6 nitrogen and oxygen atoms in total. The second kappa shape index (κ2) is 7.17. The molecule has 0 bridgehead atoms. The summed E-state index contributed by atoms with van der Waals surface area (Å²) in [6, 6.07) is 15.0. The molecule has 0 radical (unpaired) electrons. The molecule has 0 saturated heterocycles. The van der Waals surface area contributed by atoms with E-state index in [4.69, 9.17) is 4.74 Å². The van der Waals surface area contributed by atoms with Gasteiger partial charge in [-0.15, -0.1) is 0 Å². The molecule has 25 heavy (non-hydrogen) atoms. The number of nitrogens with zero attached hydrogens (tertiary/aromatic N) is 4. The minimum atomic E-state index is -0.0561. The van der Waals surface area contributed by atoms with E-state index >= 15 is 0 Å². The van der Waals surface area contributed by atoms with Crippen LogP contribution in [-0.2, 0) is 0 Å². The Bertz CT molecular complexity index is 827. The zero-order valence-electron chi connectivity index (χ0n) is 14.5. The second-order valence-electron chi connectivity index (χ2n) is 5.75. The molecule has 1 heterocycles. The van der Waals surface area contributed by atoms with Gasteiger partial charge in [-0.2, -0.15) is 5.10 Å². The number of carbonyl (C=O) groups excluding carboxylic acids is 1. The molecule has 2 aromatic carbocycles. The van der Waals surface area contributed by atoms with Crippen molar-refractivity contribution in [1.29, 1.82) is 0 Å². The molecular formula is C19H20N4O2. The fourth-order valence-electron chi connectivity index (χ4n) is 2.58. The van der Waals surface area contributed by atoms with Gasteiger partial charge in [-0.25, -0.2) is 9.67 Å². The fraction of sp³-hybridized carbons (Fsp3) is 0.211. The number of carbonyl (C=O) groups is 1. The van der Waals surface area contributed by atoms with Gasteiger partial charge in [0, 0.05) is 12.6 Å². The summed E-state index contributed by atoms with van der Waals surface area (Å²) in [6.45, 7) is 2.01. The standard InChI is InChI=1S/C19H20N4O2/c1-14(15-4-8-17(9-5-15)23-13-20-12-21-23)22(2)19(24)16-6-10-18(25-3)11-7-16/h4-14H,1-3H3/t14-/m0/s1. The van der Waals surface area contributed by atoms with Crippen molar-refractivity contribution >= 4 is 5.91 Å². The highest BCUT2D eigenvalue weighted by atomic mass is 16.5. The third kappa shape index (κ3) is 3.52. The van der Waals surface area contributed by atoms with E-state index in [1.54, 1.807) is 47.3 Å². The Kier molecular flexibility index (Phi) is 4.79. The molecule has 1 atom stereocenters. The van der Waals surface area contributed by atoms with E-state index in [1.807, 2.05) is 38.2 Å². The molecule has 1 aromatic heterocycles. The SMILES string of the molecule is COc1ccc(C(=O)N(C)[C@@H](C)c2ccc(-n3cncn3)cc2)cc1. The van der Waals surface area contributed by atoms with Crippen LogP contribution in [0.3, 0.4) is 0 Å². The van der Waals surface area contributed by atoms with E-state index in [0.29, 0.717) is 5.56 Å². The van der Waals surface area contributed by atoms with Crippen LogP contribution in [0.2, 0.25) is 0 Å². The molecule has 1 amide bonds. The Morgan fingerprint density at radius 1 is 1.12 bits per heavy atom. The normalized spacial score (nSPS) is 11.8. The van der Waals surface area contributed by atoms with Gasteiger partial charge in [0.05, 0.1) is 18.8 Å². The molecule has 128 valence electrons. The van der Waals surface area contributed by atoms with E-state index in [0.717, 1.165) is 17.0 Å². The predicted octanol–water partition coefficient (Wildman–Crippen LogP) is 3.11. The molecule has 0 N–H and O–H groups in total. The van der Waals surface area contributed by atoms with Gasteiger partial charge >= 0.3 is 0 Å². The maximum Gasteiger partial charge on any atom is 0.254 e. The highest BCUT2D eigenvalue weighted by Gasteiger charge is 2.19. The smallest absolute Gasteiger partial charge is 0.254 e. The molecule has 3 aromatic rings. The van der Waals surface area contributed by atoms with Gasteiger partial charge in [-0.3, -0.25) is 4.79 Å². The van der Waals surface area contributed by atoms with Crippen molar-refractivity contribution in [3.8, 4) is 11.4 Å². The number of hydrogen-bond donors (Lipinski definition) is 0. The number of hydrogen-bond acceptors (Lipinski definition) is 4. The average molecular weight is 336 g/mol. The number of methoxy groups -OCH3 is 1. The molecule has 0 aliphatic rings. The van der Waals surface area contributed by atoms with Crippen LogP contribution < -0.4 is 4.74 Å². The van der Waals surface area contributed by atoms with Crippen molar-refractivity contribution in [2.45, 2.75) is 13.0 Å². The minimum Gasteiger partial charge on any atom is -0.497 e. The second-order valence-corrected chi connectivity index (χ2v) is 5.75. The summed E-state index contributed by atoms with van der Waals surface area (Å²) in [5.41, 5.74) is 2.61. The number of benzene rings is 2. The Labute approximate surface area is 146 Å². The molecule has 3 rings (SSSR count). The van der Waals surface area contributed by atoms with Crippen molar-refractivity contribution in [2.75, 3.05) is 14.2 Å². The molecule has 0 spiro atoms. The van der Waals surface area contributed by atoms with Gasteiger partial charge < -0.3 is 9.64 Å². The Morgan fingerprint density at radius 2 is 1.80 bits per heavy atom. The first-order valence-electron chi connectivity index (χ1n) is 7.96. The van der Waals surface area contributed by atoms with Gasteiger partial charge in [0.25, 0.3) is 5.91 Å². The fourth-order valence-corrected chi connectivity index (χ4v) is 2.58. The summed E-state index contributed by atoms with van der Waals surface area (Å²) >= 11 is 0. The predicted molar refractivity (Wildman–Crippen MR) is 94.9 cm³/mol. The Morgan fingerprint density at radius 3 is 2.36 bits per heavy atom. The lowest BCUT2D eigenvalue weighted by Gasteiger charge is -2.25. The summed E-state index contributed by atoms with van der Waals surface area (Å²) in [5.74, 6) is 0.700. The largest absolute Gasteiger partial charge is 0.497 e. The van der Waals surface area contributed by atoms with Crippen molar-refractivity contribution in [3.05, 3.63) is 72.3 Å². The molecule has 0 fully saturated rings. The first-order valence-corrected chi connectivity index (χ1v) is 7.96. The van der Waals surface area contributed by atoms with Gasteiger partial charge in [0.1, 0.15) is 18.4 Å². The lowest BCUT2D eigenvalue weighted by molar-refractivity contribution is 0.0742. The van der Waals surface area contributed by atoms with E-state index < -0.39 is 0 Å². The van der Waals surface area contributed by atoms with E-state index in [9.17, 15) is 4.79 Å². The topological polar surface area (TPSA) is 60.2 Å². The van der Waals surface area contributed by atoms with Crippen LogP contribution in [-0.4, -0.2) is 39.7 Å². The highest BCUT2D eigenvalue weighted by Crippen LogP contribution is 2.22. The Balaban J connectivity index is 1.74. The molecule has 0 unspecified atom stereocenters. The number of aromatic nitrogens is 3. The quantitative estimate of drug-likeness (QED) is 0.718. The van der Waals surface area contributed by atoms with Crippen LogP contribution in [0.1, 0.15) is 28.9 Å². The van der Waals surface area contributed by atoms with Gasteiger partial charge in [-0.1, -0.05) is 12.1 Å². The molecule has 0 aliphatic heterocycles. The molecular weight excluding hydrogens is 316 g/mol. The van der Waals surface area contributed by atoms with Gasteiger partial charge in [0.2, 0.25) is 0 Å². The zero-order valence-corrected chi connectivity index (χ0v) is 14.5. The molecule has 0 aliphatic carbocycles. The van der Waals surface area contributed by atoms with Crippen molar-refractivity contribution in [2.24, 2.45) is 0 Å². The summed E-state index contributed by atoms with van der Waals surface area (Å²) in [6.07, 6.45) is 3.15. The summed E-state index contributed by atoms with van der Waals surface area (Å²) in [5, 5.41) is 4.11. The van der Waals surface area contributed by atoms with E-state index in [1.165, 1.54) is 6.33 Å². The van der Waals surface area contributed by atoms with Crippen LogP contribution in [0.15, 0.2) is 61.2 Å². The monoisotopic (exact) mass is 336 g/mol. The highest BCUT2D eigenvalue weighted by molar-refractivity contribution is 5.94. The number of rotatable bonds is 5. The minimum absolute atomic E-state index is 0.0319. The van der Waals surface area contributed by atoms with Crippen molar-refractivity contribution in [1.82, 2.24) is 19.7 Å². The zero-order chi connectivity index (χ0) is 17.8. The summed E-state index contributed by atoms with van der Waals surface area (Å²) in [4.78, 5) is 18.3. The average Bonchev–Trinajstić information content (AvgIpc) is 3.21. The van der Waals surface area contributed by atoms with Crippen LogP contribution in [0, 0.1) is 0 Å². The third-order valence-electron chi connectivity index (χ3n) is 4.30. The maximum atomic E-state index is 12.7. The maximum absolute atomic E-state index is 12.7. The molecule has 0 saturated carbocycles. The lowest BCUT2D eigenvalue weighted by Crippen LogP contribution is -2.29. The van der Waals surface area contributed by atoms with Crippen molar-refractivity contribution in [3.63, 3.8) is 0 Å². The molecule has 6 heteroatoms. The number of amides is 1. The first-order chi connectivity index (χ1) is 12.1. The Hall–Kier alpha value is -3.15. The van der Waals surface area contributed by atoms with E-state index in [2.05, 4.69) is 10.1 Å². The third-order valence-corrected chi connectivity index (χ3v) is 4.30.